The lowest BCUT2D eigenvalue weighted by Crippen LogP contribution is -2.48. The Morgan fingerprint density at radius 3 is 2.48 bits per heavy atom. The van der Waals surface area contributed by atoms with Crippen LogP contribution >= 0.6 is 34.5 Å². The number of amides is 1. The number of nitrogens with zero attached hydrogens (tertiary/aromatic N) is 3. The maximum absolute atomic E-state index is 12.5. The van der Waals surface area contributed by atoms with E-state index in [4.69, 9.17) is 23.2 Å². The Balaban J connectivity index is 1.24. The second-order valence-electron chi connectivity index (χ2n) is 7.74. The number of aryl methyl sites for hydroxylation is 1. The third-order valence-electron chi connectivity index (χ3n) is 5.34. The molecule has 0 spiro atoms. The van der Waals surface area contributed by atoms with Crippen molar-refractivity contribution in [2.75, 3.05) is 38.0 Å². The average Bonchev–Trinajstić information content (AvgIpc) is 3.20. The highest BCUT2D eigenvalue weighted by Crippen LogP contribution is 2.25. The largest absolute Gasteiger partial charge is 0.301 e. The number of thiazole rings is 1. The van der Waals surface area contributed by atoms with Gasteiger partial charge in [0.15, 0.2) is 5.13 Å². The number of aromatic nitrogens is 1. The van der Waals surface area contributed by atoms with Crippen molar-refractivity contribution in [1.29, 1.82) is 0 Å². The van der Waals surface area contributed by atoms with E-state index < -0.39 is 0 Å². The lowest BCUT2D eigenvalue weighted by Gasteiger charge is -2.34. The van der Waals surface area contributed by atoms with Crippen LogP contribution in [0.5, 0.6) is 0 Å². The van der Waals surface area contributed by atoms with E-state index in [9.17, 15) is 4.79 Å². The van der Waals surface area contributed by atoms with Crippen molar-refractivity contribution in [2.24, 2.45) is 0 Å². The van der Waals surface area contributed by atoms with E-state index in [1.807, 2.05) is 29.6 Å². The molecule has 31 heavy (non-hydrogen) atoms. The van der Waals surface area contributed by atoms with Crippen molar-refractivity contribution in [1.82, 2.24) is 14.8 Å². The number of piperazine rings is 1. The summed E-state index contributed by atoms with van der Waals surface area (Å²) in [6.45, 7) is 6.67. The fourth-order valence-corrected chi connectivity index (χ4v) is 4.75. The summed E-state index contributed by atoms with van der Waals surface area (Å²) >= 11 is 13.7. The van der Waals surface area contributed by atoms with Crippen molar-refractivity contribution in [3.63, 3.8) is 0 Å². The van der Waals surface area contributed by atoms with E-state index in [-0.39, 0.29) is 5.91 Å². The minimum atomic E-state index is -0.0287. The van der Waals surface area contributed by atoms with Gasteiger partial charge in [-0.25, -0.2) is 4.98 Å². The Hall–Kier alpha value is -1.96. The summed E-state index contributed by atoms with van der Waals surface area (Å²) in [6.07, 6.45) is 0. The maximum Gasteiger partial charge on any atom is 0.240 e. The summed E-state index contributed by atoms with van der Waals surface area (Å²) in [5.74, 6) is -0.0287. The summed E-state index contributed by atoms with van der Waals surface area (Å²) in [6, 6.07) is 13.8. The third kappa shape index (κ3) is 6.05. The Labute approximate surface area is 196 Å². The first-order valence-electron chi connectivity index (χ1n) is 10.2. The quantitative estimate of drug-likeness (QED) is 0.534. The smallest absolute Gasteiger partial charge is 0.240 e. The van der Waals surface area contributed by atoms with Crippen LogP contribution < -0.4 is 5.32 Å². The van der Waals surface area contributed by atoms with E-state index >= 15 is 0 Å². The molecule has 0 radical (unpaired) electrons. The number of nitrogens with one attached hydrogen (secondary N) is 1. The van der Waals surface area contributed by atoms with Crippen molar-refractivity contribution in [2.45, 2.75) is 13.5 Å². The van der Waals surface area contributed by atoms with E-state index in [1.54, 1.807) is 6.07 Å². The van der Waals surface area contributed by atoms with Crippen LogP contribution in [0.4, 0.5) is 5.13 Å². The first kappa shape index (κ1) is 22.2. The monoisotopic (exact) mass is 474 g/mol. The molecule has 0 aliphatic carbocycles. The average molecular weight is 475 g/mol. The standard InChI is InChI=1S/C23H24Cl2N4OS/c1-16-2-4-17(5-3-16)21-15-31-23(26-21)27-22(30)14-29-10-8-28(9-11-29)13-18-6-7-19(24)12-20(18)25/h2-7,12,15H,8-11,13-14H2,1H3,(H,26,27,30). The highest BCUT2D eigenvalue weighted by Gasteiger charge is 2.20. The van der Waals surface area contributed by atoms with Gasteiger partial charge in [0.1, 0.15) is 0 Å². The molecular formula is C23H24Cl2N4OS. The van der Waals surface area contributed by atoms with E-state index in [1.165, 1.54) is 16.9 Å². The summed E-state index contributed by atoms with van der Waals surface area (Å²) in [7, 11) is 0. The Kier molecular flexibility index (Phi) is 7.25. The SMILES string of the molecule is Cc1ccc(-c2csc(NC(=O)CN3CCN(Cc4ccc(Cl)cc4Cl)CC3)n2)cc1. The Morgan fingerprint density at radius 2 is 1.77 bits per heavy atom. The van der Waals surface area contributed by atoms with Crippen LogP contribution in [0.1, 0.15) is 11.1 Å². The molecule has 0 saturated carbocycles. The van der Waals surface area contributed by atoms with Crippen LogP contribution in [0.15, 0.2) is 47.8 Å². The van der Waals surface area contributed by atoms with E-state index in [2.05, 4.69) is 39.2 Å². The summed E-state index contributed by atoms with van der Waals surface area (Å²) in [5, 5.41) is 6.89. The van der Waals surface area contributed by atoms with Gasteiger partial charge in [-0.15, -0.1) is 11.3 Å². The lowest BCUT2D eigenvalue weighted by molar-refractivity contribution is -0.117. The number of rotatable bonds is 6. The first-order chi connectivity index (χ1) is 15.0. The molecule has 1 amide bonds. The van der Waals surface area contributed by atoms with E-state index in [0.29, 0.717) is 21.7 Å². The topological polar surface area (TPSA) is 48.5 Å². The molecule has 2 heterocycles. The minimum Gasteiger partial charge on any atom is -0.301 e. The number of halogens is 2. The molecule has 1 aliphatic rings. The van der Waals surface area contributed by atoms with Crippen molar-refractivity contribution >= 4 is 45.6 Å². The molecule has 1 N–H and O–H groups in total. The molecule has 5 nitrogen and oxygen atoms in total. The van der Waals surface area contributed by atoms with Crippen LogP contribution in [0.3, 0.4) is 0 Å². The fourth-order valence-electron chi connectivity index (χ4n) is 3.55. The predicted octanol–water partition coefficient (Wildman–Crippen LogP) is 5.18. The molecule has 0 bridgehead atoms. The van der Waals surface area contributed by atoms with Gasteiger partial charge in [-0.2, -0.15) is 0 Å². The van der Waals surface area contributed by atoms with Crippen LogP contribution in [0.25, 0.3) is 11.3 Å². The second-order valence-corrected chi connectivity index (χ2v) is 9.44. The van der Waals surface area contributed by atoms with Gasteiger partial charge in [0.2, 0.25) is 5.91 Å². The maximum atomic E-state index is 12.5. The summed E-state index contributed by atoms with van der Waals surface area (Å²) in [5.41, 5.74) is 4.23. The minimum absolute atomic E-state index is 0.0287. The number of carbonyl (C=O) groups is 1. The molecule has 1 saturated heterocycles. The number of hydrogen-bond donors (Lipinski definition) is 1. The molecule has 1 aromatic heterocycles. The third-order valence-corrected chi connectivity index (χ3v) is 6.68. The number of benzene rings is 2. The summed E-state index contributed by atoms with van der Waals surface area (Å²) in [4.78, 5) is 21.6. The van der Waals surface area contributed by atoms with Gasteiger partial charge in [-0.3, -0.25) is 14.6 Å². The Morgan fingerprint density at radius 1 is 1.06 bits per heavy atom. The molecule has 8 heteroatoms. The predicted molar refractivity (Wildman–Crippen MR) is 129 cm³/mol. The lowest BCUT2D eigenvalue weighted by atomic mass is 10.1. The Bertz CT molecular complexity index is 1050. The molecule has 4 rings (SSSR count). The highest BCUT2D eigenvalue weighted by molar-refractivity contribution is 7.14. The zero-order valence-electron chi connectivity index (χ0n) is 17.3. The number of hydrogen-bond acceptors (Lipinski definition) is 5. The zero-order valence-corrected chi connectivity index (χ0v) is 19.6. The molecule has 162 valence electrons. The normalized spacial score (nSPS) is 15.2. The van der Waals surface area contributed by atoms with Crippen LogP contribution in [-0.2, 0) is 11.3 Å². The first-order valence-corrected chi connectivity index (χ1v) is 11.8. The second kappa shape index (κ2) is 10.1. The van der Waals surface area contributed by atoms with Crippen LogP contribution in [-0.4, -0.2) is 53.4 Å². The van der Waals surface area contributed by atoms with Crippen molar-refractivity contribution in [3.8, 4) is 11.3 Å². The molecule has 2 aromatic carbocycles. The molecule has 3 aromatic rings. The van der Waals surface area contributed by atoms with Crippen LogP contribution in [0.2, 0.25) is 10.0 Å². The van der Waals surface area contributed by atoms with E-state index in [0.717, 1.165) is 49.5 Å². The molecule has 1 aliphatic heterocycles. The van der Waals surface area contributed by atoms with Gasteiger partial charge in [-0.05, 0) is 24.6 Å². The van der Waals surface area contributed by atoms with Gasteiger partial charge in [0.05, 0.1) is 12.2 Å². The van der Waals surface area contributed by atoms with Gasteiger partial charge in [0, 0.05) is 53.7 Å². The van der Waals surface area contributed by atoms with Crippen molar-refractivity contribution in [3.05, 3.63) is 69.0 Å². The molecule has 1 fully saturated rings. The molecule has 0 atom stereocenters. The van der Waals surface area contributed by atoms with Crippen LogP contribution in [0, 0.1) is 6.92 Å². The molecule has 0 unspecified atom stereocenters. The number of carbonyl (C=O) groups excluding carboxylic acids is 1. The van der Waals surface area contributed by atoms with Gasteiger partial charge < -0.3 is 5.32 Å². The van der Waals surface area contributed by atoms with Crippen molar-refractivity contribution < 1.29 is 4.79 Å². The van der Waals surface area contributed by atoms with Gasteiger partial charge >= 0.3 is 0 Å². The number of anilines is 1. The molecular weight excluding hydrogens is 451 g/mol. The summed E-state index contributed by atoms with van der Waals surface area (Å²) < 4.78 is 0. The fraction of sp³-hybridized carbons (Fsp3) is 0.304. The highest BCUT2D eigenvalue weighted by atomic mass is 35.5. The van der Waals surface area contributed by atoms with Gasteiger partial charge in [-0.1, -0.05) is 59.1 Å². The zero-order chi connectivity index (χ0) is 21.8. The van der Waals surface area contributed by atoms with Gasteiger partial charge in [0.25, 0.3) is 0 Å².